The molecular weight excluding hydrogens is 338 g/mol. The highest BCUT2D eigenvalue weighted by Crippen LogP contribution is 2.24. The lowest BCUT2D eigenvalue weighted by molar-refractivity contribution is 0.0626. The van der Waals surface area contributed by atoms with Crippen molar-refractivity contribution < 1.29 is 9.90 Å². The van der Waals surface area contributed by atoms with E-state index in [9.17, 15) is 9.90 Å². The van der Waals surface area contributed by atoms with Gasteiger partial charge in [-0.1, -0.05) is 36.4 Å². The first kappa shape index (κ1) is 18.9. The van der Waals surface area contributed by atoms with Crippen LogP contribution in [0.2, 0.25) is 0 Å². The number of anilines is 1. The third-order valence-corrected chi connectivity index (χ3v) is 5.19. The van der Waals surface area contributed by atoms with Crippen molar-refractivity contribution in [3.05, 3.63) is 65.7 Å². The number of carbonyl (C=O) groups is 1. The number of amides is 2. The average molecular weight is 363 g/mol. The van der Waals surface area contributed by atoms with Gasteiger partial charge < -0.3 is 15.3 Å². The Labute approximate surface area is 160 Å². The van der Waals surface area contributed by atoms with Crippen LogP contribution in [0, 0.1) is 17.2 Å². The van der Waals surface area contributed by atoms with Gasteiger partial charge in [0, 0.05) is 18.8 Å². The zero-order chi connectivity index (χ0) is 19.1. The molecule has 27 heavy (non-hydrogen) atoms. The summed E-state index contributed by atoms with van der Waals surface area (Å²) < 4.78 is 0. The second-order valence-electron chi connectivity index (χ2n) is 7.04. The van der Waals surface area contributed by atoms with Gasteiger partial charge in [-0.05, 0) is 55.4 Å². The summed E-state index contributed by atoms with van der Waals surface area (Å²) in [5.74, 6) is 0.236. The molecule has 0 unspecified atom stereocenters. The quantitative estimate of drug-likeness (QED) is 0.848. The lowest BCUT2D eigenvalue weighted by atomic mass is 9.88. The molecule has 1 heterocycles. The molecule has 0 radical (unpaired) electrons. The maximum atomic E-state index is 12.4. The number of piperidine rings is 1. The van der Waals surface area contributed by atoms with E-state index in [2.05, 4.69) is 23.5 Å². The number of nitrogens with one attached hydrogen (secondary N) is 1. The molecule has 2 aromatic rings. The Morgan fingerprint density at radius 3 is 2.63 bits per heavy atom. The number of aryl methyl sites for hydroxylation is 1. The molecule has 0 aromatic heterocycles. The Morgan fingerprint density at radius 1 is 1.19 bits per heavy atom. The van der Waals surface area contributed by atoms with Crippen molar-refractivity contribution in [1.82, 2.24) is 4.90 Å². The topological polar surface area (TPSA) is 76.4 Å². The molecule has 0 bridgehead atoms. The van der Waals surface area contributed by atoms with Crippen molar-refractivity contribution in [2.24, 2.45) is 5.92 Å². The summed E-state index contributed by atoms with van der Waals surface area (Å²) in [4.78, 5) is 14.2. The first-order valence-corrected chi connectivity index (χ1v) is 9.44. The van der Waals surface area contributed by atoms with E-state index in [0.717, 1.165) is 25.7 Å². The second-order valence-corrected chi connectivity index (χ2v) is 7.04. The molecule has 1 fully saturated rings. The maximum Gasteiger partial charge on any atom is 0.321 e. The minimum Gasteiger partial charge on any atom is -0.393 e. The number of aliphatic hydroxyl groups excluding tert-OH is 1. The summed E-state index contributed by atoms with van der Waals surface area (Å²) >= 11 is 0. The molecule has 1 aliphatic rings. The molecule has 5 heteroatoms. The summed E-state index contributed by atoms with van der Waals surface area (Å²) in [6, 6.07) is 19.0. The number of benzene rings is 2. The van der Waals surface area contributed by atoms with Crippen LogP contribution < -0.4 is 5.32 Å². The van der Waals surface area contributed by atoms with E-state index >= 15 is 0 Å². The monoisotopic (exact) mass is 363 g/mol. The predicted octanol–water partition coefficient (Wildman–Crippen LogP) is 3.80. The molecule has 5 nitrogen and oxygen atoms in total. The highest BCUT2D eigenvalue weighted by Gasteiger charge is 2.27. The van der Waals surface area contributed by atoms with Gasteiger partial charge in [-0.3, -0.25) is 0 Å². The van der Waals surface area contributed by atoms with Gasteiger partial charge in [-0.2, -0.15) is 5.26 Å². The summed E-state index contributed by atoms with van der Waals surface area (Å²) in [7, 11) is 0. The van der Waals surface area contributed by atoms with Crippen molar-refractivity contribution in [1.29, 1.82) is 5.26 Å². The van der Waals surface area contributed by atoms with E-state index in [-0.39, 0.29) is 18.1 Å². The molecule has 0 saturated carbocycles. The van der Waals surface area contributed by atoms with Gasteiger partial charge in [-0.15, -0.1) is 0 Å². The fraction of sp³-hybridized carbons (Fsp3) is 0.364. The fourth-order valence-corrected chi connectivity index (χ4v) is 3.55. The van der Waals surface area contributed by atoms with E-state index < -0.39 is 0 Å². The van der Waals surface area contributed by atoms with Crippen molar-refractivity contribution >= 4 is 11.7 Å². The molecule has 0 spiro atoms. The number of likely N-dealkylation sites (tertiary alicyclic amines) is 1. The van der Waals surface area contributed by atoms with Gasteiger partial charge >= 0.3 is 6.03 Å². The third-order valence-electron chi connectivity index (χ3n) is 5.19. The van der Waals surface area contributed by atoms with E-state index in [1.54, 1.807) is 29.2 Å². The molecule has 1 saturated heterocycles. The molecular formula is C22H25N3O2. The minimum absolute atomic E-state index is 0.151. The van der Waals surface area contributed by atoms with Crippen molar-refractivity contribution in [2.45, 2.75) is 31.8 Å². The highest BCUT2D eigenvalue weighted by atomic mass is 16.3. The van der Waals surface area contributed by atoms with Crippen molar-refractivity contribution in [2.75, 3.05) is 18.4 Å². The van der Waals surface area contributed by atoms with Crippen LogP contribution in [0.15, 0.2) is 54.6 Å². The van der Waals surface area contributed by atoms with Gasteiger partial charge in [-0.25, -0.2) is 4.79 Å². The van der Waals surface area contributed by atoms with E-state index in [1.807, 2.05) is 18.2 Å². The van der Waals surface area contributed by atoms with Crippen LogP contribution in [0.1, 0.15) is 30.4 Å². The van der Waals surface area contributed by atoms with E-state index in [1.165, 1.54) is 5.56 Å². The first-order chi connectivity index (χ1) is 13.2. The minimum atomic E-state index is -0.331. The molecule has 2 aromatic carbocycles. The van der Waals surface area contributed by atoms with Crippen LogP contribution in [-0.2, 0) is 6.42 Å². The van der Waals surface area contributed by atoms with Gasteiger partial charge in [0.1, 0.15) is 0 Å². The maximum absolute atomic E-state index is 12.4. The SMILES string of the molecule is N#Cc1cccc(NC(=O)N2CCC([C@H](O)CCc3ccccc3)CC2)c1. The Morgan fingerprint density at radius 2 is 1.93 bits per heavy atom. The number of urea groups is 1. The number of rotatable bonds is 5. The second kappa shape index (κ2) is 9.20. The number of nitrogens with zero attached hydrogens (tertiary/aromatic N) is 2. The lowest BCUT2D eigenvalue weighted by Crippen LogP contribution is -2.43. The molecule has 140 valence electrons. The van der Waals surface area contributed by atoms with Gasteiger partial charge in [0.15, 0.2) is 0 Å². The number of nitriles is 1. The van der Waals surface area contributed by atoms with Crippen molar-refractivity contribution in [3.63, 3.8) is 0 Å². The van der Waals surface area contributed by atoms with Crippen LogP contribution in [0.3, 0.4) is 0 Å². The fourth-order valence-electron chi connectivity index (χ4n) is 3.55. The van der Waals surface area contributed by atoms with Crippen LogP contribution in [0.5, 0.6) is 0 Å². The molecule has 1 atom stereocenters. The molecule has 3 rings (SSSR count). The number of carbonyl (C=O) groups excluding carboxylic acids is 1. The summed E-state index contributed by atoms with van der Waals surface area (Å²) in [6.07, 6.45) is 2.91. The van der Waals surface area contributed by atoms with E-state index in [0.29, 0.717) is 24.3 Å². The first-order valence-electron chi connectivity index (χ1n) is 9.44. The predicted molar refractivity (Wildman–Crippen MR) is 105 cm³/mol. The average Bonchev–Trinajstić information content (AvgIpc) is 2.73. The summed E-state index contributed by atoms with van der Waals surface area (Å²) in [5.41, 5.74) is 2.39. The van der Waals surface area contributed by atoms with Gasteiger partial charge in [0.05, 0.1) is 17.7 Å². The standard InChI is InChI=1S/C22H25N3O2/c23-16-18-7-4-8-20(15-18)24-22(27)25-13-11-19(12-14-25)21(26)10-9-17-5-2-1-3-6-17/h1-8,15,19,21,26H,9-14H2,(H,24,27)/t21-/m1/s1. The summed E-state index contributed by atoms with van der Waals surface area (Å²) in [5, 5.41) is 22.3. The van der Waals surface area contributed by atoms with Gasteiger partial charge in [0.25, 0.3) is 0 Å². The number of hydrogen-bond acceptors (Lipinski definition) is 3. The molecule has 2 amide bonds. The number of hydrogen-bond donors (Lipinski definition) is 2. The molecule has 2 N–H and O–H groups in total. The van der Waals surface area contributed by atoms with Crippen LogP contribution >= 0.6 is 0 Å². The van der Waals surface area contributed by atoms with Crippen LogP contribution in [-0.4, -0.2) is 35.2 Å². The lowest BCUT2D eigenvalue weighted by Gasteiger charge is -2.34. The van der Waals surface area contributed by atoms with E-state index in [4.69, 9.17) is 5.26 Å². The summed E-state index contributed by atoms with van der Waals surface area (Å²) in [6.45, 7) is 1.27. The zero-order valence-corrected chi connectivity index (χ0v) is 15.3. The highest BCUT2D eigenvalue weighted by molar-refractivity contribution is 5.89. The molecule has 1 aliphatic heterocycles. The Hall–Kier alpha value is -2.84. The molecule has 0 aliphatic carbocycles. The van der Waals surface area contributed by atoms with Crippen molar-refractivity contribution in [3.8, 4) is 6.07 Å². The Balaban J connectivity index is 1.45. The zero-order valence-electron chi connectivity index (χ0n) is 15.3. The van der Waals surface area contributed by atoms with Crippen LogP contribution in [0.25, 0.3) is 0 Å². The smallest absolute Gasteiger partial charge is 0.321 e. The Kier molecular flexibility index (Phi) is 6.45. The largest absolute Gasteiger partial charge is 0.393 e. The van der Waals surface area contributed by atoms with Gasteiger partial charge in [0.2, 0.25) is 0 Å². The number of aliphatic hydroxyl groups is 1. The Bertz CT molecular complexity index is 793. The van der Waals surface area contributed by atoms with Crippen LogP contribution in [0.4, 0.5) is 10.5 Å². The third kappa shape index (κ3) is 5.32. The normalized spacial score (nSPS) is 15.8.